The summed E-state index contributed by atoms with van der Waals surface area (Å²) in [5, 5.41) is 9.45. The number of para-hydroxylation sites is 1. The van der Waals surface area contributed by atoms with E-state index in [0.717, 1.165) is 33.5 Å². The monoisotopic (exact) mass is 472 g/mol. The van der Waals surface area contributed by atoms with Gasteiger partial charge < -0.3 is 19.1 Å². The second kappa shape index (κ2) is 7.62. The van der Waals surface area contributed by atoms with Crippen molar-refractivity contribution in [1.82, 2.24) is 0 Å². The van der Waals surface area contributed by atoms with Gasteiger partial charge >= 0.3 is 0 Å². The fourth-order valence-corrected chi connectivity index (χ4v) is 5.53. The number of nitrogens with zero attached hydrogens (tertiary/aromatic N) is 2. The molecule has 0 aromatic heterocycles. The molecule has 1 atom stereocenters. The van der Waals surface area contributed by atoms with Crippen LogP contribution in [0.5, 0.6) is 17.2 Å². The summed E-state index contributed by atoms with van der Waals surface area (Å²) < 4.78 is 17.2. The summed E-state index contributed by atoms with van der Waals surface area (Å²) in [4.78, 5) is 16.0. The highest BCUT2D eigenvalue weighted by Gasteiger charge is 2.57. The van der Waals surface area contributed by atoms with Crippen molar-refractivity contribution in [3.8, 4) is 34.4 Å². The third-order valence-corrected chi connectivity index (χ3v) is 7.30. The van der Waals surface area contributed by atoms with Gasteiger partial charge in [-0.05, 0) is 40.5 Å². The van der Waals surface area contributed by atoms with Gasteiger partial charge in [0.05, 0.1) is 18.2 Å². The van der Waals surface area contributed by atoms with E-state index in [2.05, 4.69) is 6.07 Å². The Kier molecular flexibility index (Phi) is 4.36. The van der Waals surface area contributed by atoms with Gasteiger partial charge in [-0.25, -0.2) is 0 Å². The molecule has 0 radical (unpaired) electrons. The van der Waals surface area contributed by atoms with Crippen molar-refractivity contribution in [2.75, 3.05) is 18.3 Å². The number of amides is 1. The van der Waals surface area contributed by atoms with Crippen LogP contribution in [-0.4, -0.2) is 19.3 Å². The van der Waals surface area contributed by atoms with Crippen molar-refractivity contribution < 1.29 is 19.0 Å². The lowest BCUT2D eigenvalue weighted by Crippen LogP contribution is -2.42. The Labute approximate surface area is 207 Å². The number of ether oxygens (including phenoxy) is 3. The number of fused-ring (bicyclic) bond motifs is 5. The molecule has 4 aromatic carbocycles. The molecular formula is C30H20N2O4. The van der Waals surface area contributed by atoms with Gasteiger partial charge in [0.15, 0.2) is 11.5 Å². The minimum absolute atomic E-state index is 0.0137. The van der Waals surface area contributed by atoms with Crippen LogP contribution in [0.15, 0.2) is 84.9 Å². The molecule has 1 spiro atoms. The molecule has 0 fully saturated rings. The predicted molar refractivity (Wildman–Crippen MR) is 133 cm³/mol. The molecule has 36 heavy (non-hydrogen) atoms. The molecule has 7 rings (SSSR count). The molecule has 1 unspecified atom stereocenters. The number of rotatable bonds is 3. The summed E-state index contributed by atoms with van der Waals surface area (Å²) >= 11 is 0. The van der Waals surface area contributed by atoms with E-state index in [4.69, 9.17) is 14.2 Å². The molecule has 0 saturated heterocycles. The number of nitriles is 1. The molecule has 174 valence electrons. The van der Waals surface area contributed by atoms with Crippen LogP contribution in [0, 0.1) is 11.3 Å². The minimum atomic E-state index is -0.918. The lowest BCUT2D eigenvalue weighted by atomic mass is 9.77. The highest BCUT2D eigenvalue weighted by atomic mass is 16.7. The fourth-order valence-electron chi connectivity index (χ4n) is 5.53. The lowest BCUT2D eigenvalue weighted by Gasteiger charge is -2.23. The van der Waals surface area contributed by atoms with Gasteiger partial charge in [-0.1, -0.05) is 60.7 Å². The van der Waals surface area contributed by atoms with Gasteiger partial charge in [-0.15, -0.1) is 0 Å². The SMILES string of the molecule is N#Cc1ccccc1-c1ccc(CN2C(=O)C3(COc4cc5c(cc43)OCO5)c3ccccc32)cc1. The van der Waals surface area contributed by atoms with E-state index in [1.54, 1.807) is 0 Å². The average Bonchev–Trinajstić information content (AvgIpc) is 3.60. The fraction of sp³-hybridized carbons (Fsp3) is 0.133. The maximum atomic E-state index is 14.2. The van der Waals surface area contributed by atoms with Gasteiger partial charge in [-0.3, -0.25) is 4.79 Å². The Morgan fingerprint density at radius 3 is 2.42 bits per heavy atom. The highest BCUT2D eigenvalue weighted by Crippen LogP contribution is 2.55. The standard InChI is InChI=1S/C30H20N2O4/c31-15-21-5-1-2-6-22(21)20-11-9-19(10-12-20)16-32-25-8-4-3-7-23(25)30(29(32)33)17-34-26-14-28-27(13-24(26)30)35-18-36-28/h1-14H,16-18H2. The maximum Gasteiger partial charge on any atom is 0.246 e. The van der Waals surface area contributed by atoms with Crippen molar-refractivity contribution in [3.05, 3.63) is 107 Å². The Morgan fingerprint density at radius 2 is 1.58 bits per heavy atom. The topological polar surface area (TPSA) is 71.8 Å². The van der Waals surface area contributed by atoms with Crippen LogP contribution in [-0.2, 0) is 16.8 Å². The van der Waals surface area contributed by atoms with Crippen LogP contribution in [0.3, 0.4) is 0 Å². The first kappa shape index (κ1) is 20.6. The van der Waals surface area contributed by atoms with Crippen LogP contribution in [0.2, 0.25) is 0 Å². The maximum absolute atomic E-state index is 14.2. The summed E-state index contributed by atoms with van der Waals surface area (Å²) in [5.41, 5.74) is 5.22. The number of carbonyl (C=O) groups is 1. The van der Waals surface area contributed by atoms with Crippen molar-refractivity contribution in [1.29, 1.82) is 5.26 Å². The number of carbonyl (C=O) groups excluding carboxylic acids is 1. The molecule has 0 bridgehead atoms. The quantitative estimate of drug-likeness (QED) is 0.411. The number of benzene rings is 4. The Morgan fingerprint density at radius 1 is 0.833 bits per heavy atom. The molecule has 4 aromatic rings. The third kappa shape index (κ3) is 2.80. The van der Waals surface area contributed by atoms with E-state index in [-0.39, 0.29) is 19.3 Å². The van der Waals surface area contributed by atoms with Crippen molar-refractivity contribution in [2.45, 2.75) is 12.0 Å². The second-order valence-electron chi connectivity index (χ2n) is 9.16. The van der Waals surface area contributed by atoms with Crippen LogP contribution >= 0.6 is 0 Å². The van der Waals surface area contributed by atoms with E-state index in [9.17, 15) is 10.1 Å². The zero-order valence-corrected chi connectivity index (χ0v) is 19.2. The molecule has 1 amide bonds. The molecule has 0 aliphatic carbocycles. The summed E-state index contributed by atoms with van der Waals surface area (Å²) in [6, 6.07) is 29.5. The summed E-state index contributed by atoms with van der Waals surface area (Å²) in [7, 11) is 0. The van der Waals surface area contributed by atoms with Gasteiger partial charge in [-0.2, -0.15) is 5.26 Å². The number of hydrogen-bond donors (Lipinski definition) is 0. The third-order valence-electron chi connectivity index (χ3n) is 7.30. The largest absolute Gasteiger partial charge is 0.491 e. The Balaban J connectivity index is 1.26. The normalized spacial score (nSPS) is 18.6. The van der Waals surface area contributed by atoms with Crippen molar-refractivity contribution in [2.24, 2.45) is 0 Å². The predicted octanol–water partition coefficient (Wildman–Crippen LogP) is 5.18. The van der Waals surface area contributed by atoms with Gasteiger partial charge in [0, 0.05) is 17.3 Å². The zero-order chi connectivity index (χ0) is 24.3. The molecule has 0 saturated carbocycles. The van der Waals surface area contributed by atoms with Crippen LogP contribution in [0.25, 0.3) is 11.1 Å². The molecule has 6 heteroatoms. The van der Waals surface area contributed by atoms with Gasteiger partial charge in [0.25, 0.3) is 0 Å². The van der Waals surface area contributed by atoms with Gasteiger partial charge in [0.2, 0.25) is 12.7 Å². The molecule has 0 N–H and O–H groups in total. The molecule has 3 heterocycles. The zero-order valence-electron chi connectivity index (χ0n) is 19.2. The summed E-state index contributed by atoms with van der Waals surface area (Å²) in [5.74, 6) is 1.92. The smallest absolute Gasteiger partial charge is 0.246 e. The van der Waals surface area contributed by atoms with E-state index >= 15 is 0 Å². The number of hydrogen-bond acceptors (Lipinski definition) is 5. The van der Waals surface area contributed by atoms with Crippen LogP contribution in [0.1, 0.15) is 22.3 Å². The van der Waals surface area contributed by atoms with E-state index in [1.807, 2.05) is 89.8 Å². The summed E-state index contributed by atoms with van der Waals surface area (Å²) in [6.07, 6.45) is 0. The van der Waals surface area contributed by atoms with Crippen molar-refractivity contribution in [3.63, 3.8) is 0 Å². The average molecular weight is 473 g/mol. The Hall–Kier alpha value is -4.76. The lowest BCUT2D eigenvalue weighted by molar-refractivity contribution is -0.122. The first-order valence-electron chi connectivity index (χ1n) is 11.8. The minimum Gasteiger partial charge on any atom is -0.491 e. The van der Waals surface area contributed by atoms with E-state index < -0.39 is 5.41 Å². The molecule has 3 aliphatic rings. The van der Waals surface area contributed by atoms with E-state index in [1.165, 1.54) is 0 Å². The van der Waals surface area contributed by atoms with Crippen LogP contribution in [0.4, 0.5) is 5.69 Å². The van der Waals surface area contributed by atoms with Crippen molar-refractivity contribution >= 4 is 11.6 Å². The first-order valence-corrected chi connectivity index (χ1v) is 11.8. The van der Waals surface area contributed by atoms with Crippen LogP contribution < -0.4 is 19.1 Å². The highest BCUT2D eigenvalue weighted by molar-refractivity contribution is 6.11. The second-order valence-corrected chi connectivity index (χ2v) is 9.16. The molecular weight excluding hydrogens is 452 g/mol. The molecule has 3 aliphatic heterocycles. The van der Waals surface area contributed by atoms with E-state index in [0.29, 0.717) is 29.4 Å². The molecule has 6 nitrogen and oxygen atoms in total. The van der Waals surface area contributed by atoms with Gasteiger partial charge in [0.1, 0.15) is 17.8 Å². The summed E-state index contributed by atoms with van der Waals surface area (Å²) in [6.45, 7) is 0.829. The Bertz CT molecular complexity index is 1590. The number of anilines is 1. The first-order chi connectivity index (χ1) is 17.7.